The van der Waals surface area contributed by atoms with Crippen molar-refractivity contribution in [2.45, 2.75) is 70.3 Å². The van der Waals surface area contributed by atoms with Crippen LogP contribution in [0.5, 0.6) is 17.2 Å². The first kappa shape index (κ1) is 36.5. The number of nitrogens with one attached hydrogen (secondary N) is 1. The standard InChI is InChI=1S/C42H54N2O4/c1-7-14-35(15-8-2)42(36-16-10-9-11-17-36,25-12-27-43-41(45)23-20-33-18-21-37(46-4)22-19-33)26-13-28-44-29-24-34-30-39(47-5)40(48-6)31-38(34)32(44)3/h7-11,14-19,21-22,30-32H,1,12-13,20,23-29H2,2-6H3,(H,43,45)/b15-8-,35-14+. The van der Waals surface area contributed by atoms with Crippen LogP contribution in [0.2, 0.25) is 0 Å². The van der Waals surface area contributed by atoms with Crippen molar-refractivity contribution in [3.63, 3.8) is 0 Å². The molecular formula is C42H54N2O4. The minimum absolute atomic E-state index is 0.0834. The van der Waals surface area contributed by atoms with Gasteiger partial charge in [-0.15, -0.1) is 0 Å². The predicted molar refractivity (Wildman–Crippen MR) is 197 cm³/mol. The van der Waals surface area contributed by atoms with Crippen LogP contribution in [0.1, 0.15) is 74.2 Å². The Morgan fingerprint density at radius 1 is 0.979 bits per heavy atom. The fourth-order valence-corrected chi connectivity index (χ4v) is 7.15. The van der Waals surface area contributed by atoms with Crippen LogP contribution in [0.15, 0.2) is 103 Å². The number of fused-ring (bicyclic) bond motifs is 1. The summed E-state index contributed by atoms with van der Waals surface area (Å²) < 4.78 is 16.5. The van der Waals surface area contributed by atoms with Crippen molar-refractivity contribution in [2.24, 2.45) is 0 Å². The molecule has 4 rings (SSSR count). The highest BCUT2D eigenvalue weighted by molar-refractivity contribution is 5.76. The van der Waals surface area contributed by atoms with Gasteiger partial charge in [0, 0.05) is 31.0 Å². The van der Waals surface area contributed by atoms with Crippen LogP contribution in [0, 0.1) is 0 Å². The minimum Gasteiger partial charge on any atom is -0.497 e. The highest BCUT2D eigenvalue weighted by Crippen LogP contribution is 2.43. The van der Waals surface area contributed by atoms with Crippen molar-refractivity contribution in [1.29, 1.82) is 0 Å². The van der Waals surface area contributed by atoms with E-state index in [0.717, 1.165) is 68.0 Å². The maximum absolute atomic E-state index is 12.8. The normalized spacial score (nSPS) is 16.2. The summed E-state index contributed by atoms with van der Waals surface area (Å²) in [5.74, 6) is 2.49. The van der Waals surface area contributed by atoms with Crippen molar-refractivity contribution in [2.75, 3.05) is 41.0 Å². The molecule has 1 heterocycles. The van der Waals surface area contributed by atoms with Gasteiger partial charge in [0.05, 0.1) is 21.3 Å². The number of aryl methyl sites for hydroxylation is 1. The Morgan fingerprint density at radius 2 is 1.69 bits per heavy atom. The van der Waals surface area contributed by atoms with Gasteiger partial charge in [-0.05, 0) is 111 Å². The average molecular weight is 651 g/mol. The molecule has 48 heavy (non-hydrogen) atoms. The SMILES string of the molecule is C=C/C=C(\C=C/C)C(CCCNC(=O)CCc1ccc(OC)cc1)(CCCN1CCc2cc(OC)c(OC)cc2C1C)c1ccccc1. The third-order valence-corrected chi connectivity index (χ3v) is 9.79. The summed E-state index contributed by atoms with van der Waals surface area (Å²) in [6, 6.07) is 23.4. The molecule has 0 spiro atoms. The van der Waals surface area contributed by atoms with Crippen molar-refractivity contribution >= 4 is 5.91 Å². The number of nitrogens with zero attached hydrogens (tertiary/aromatic N) is 1. The van der Waals surface area contributed by atoms with Crippen molar-refractivity contribution in [1.82, 2.24) is 10.2 Å². The average Bonchev–Trinajstić information content (AvgIpc) is 3.12. The first-order valence-corrected chi connectivity index (χ1v) is 17.3. The van der Waals surface area contributed by atoms with Crippen LogP contribution in [-0.4, -0.2) is 51.8 Å². The molecule has 0 bridgehead atoms. The maximum atomic E-state index is 12.8. The first-order chi connectivity index (χ1) is 23.4. The van der Waals surface area contributed by atoms with Crippen molar-refractivity contribution in [3.8, 4) is 17.2 Å². The van der Waals surface area contributed by atoms with Gasteiger partial charge in [0.1, 0.15) is 5.75 Å². The van der Waals surface area contributed by atoms with Gasteiger partial charge in [-0.2, -0.15) is 0 Å². The molecule has 1 aliphatic rings. The lowest BCUT2D eigenvalue weighted by Gasteiger charge is -2.39. The molecule has 0 radical (unpaired) electrons. The molecule has 2 unspecified atom stereocenters. The van der Waals surface area contributed by atoms with E-state index in [0.29, 0.717) is 19.4 Å². The smallest absolute Gasteiger partial charge is 0.220 e. The predicted octanol–water partition coefficient (Wildman–Crippen LogP) is 8.57. The summed E-state index contributed by atoms with van der Waals surface area (Å²) >= 11 is 0. The first-order valence-electron chi connectivity index (χ1n) is 17.3. The summed E-state index contributed by atoms with van der Waals surface area (Å²) in [7, 11) is 5.06. The third kappa shape index (κ3) is 9.19. The number of amides is 1. The number of benzene rings is 3. The Labute approximate surface area is 288 Å². The second-order valence-corrected chi connectivity index (χ2v) is 12.6. The fourth-order valence-electron chi connectivity index (χ4n) is 7.15. The number of allylic oxidation sites excluding steroid dienone is 5. The molecule has 0 saturated carbocycles. The van der Waals surface area contributed by atoms with Gasteiger partial charge in [0.15, 0.2) is 11.5 Å². The van der Waals surface area contributed by atoms with E-state index in [4.69, 9.17) is 14.2 Å². The molecule has 3 aromatic carbocycles. The van der Waals surface area contributed by atoms with Gasteiger partial charge in [-0.3, -0.25) is 9.69 Å². The van der Waals surface area contributed by atoms with E-state index >= 15 is 0 Å². The van der Waals surface area contributed by atoms with E-state index in [1.807, 2.05) is 30.3 Å². The Bertz CT molecular complexity index is 1530. The number of carbonyl (C=O) groups excluding carboxylic acids is 1. The molecule has 1 N–H and O–H groups in total. The van der Waals surface area contributed by atoms with Gasteiger partial charge in [-0.1, -0.05) is 73.3 Å². The molecule has 1 amide bonds. The summed E-state index contributed by atoms with van der Waals surface area (Å²) in [6.07, 6.45) is 14.4. The van der Waals surface area contributed by atoms with E-state index in [2.05, 4.69) is 91.3 Å². The molecular weight excluding hydrogens is 596 g/mol. The third-order valence-electron chi connectivity index (χ3n) is 9.79. The zero-order valence-electron chi connectivity index (χ0n) is 29.6. The number of hydrogen-bond donors (Lipinski definition) is 1. The van der Waals surface area contributed by atoms with Crippen molar-refractivity contribution in [3.05, 3.63) is 125 Å². The summed E-state index contributed by atoms with van der Waals surface area (Å²) in [5.41, 5.74) is 6.12. The lowest BCUT2D eigenvalue weighted by atomic mass is 9.67. The number of carbonyl (C=O) groups is 1. The maximum Gasteiger partial charge on any atom is 0.220 e. The Kier molecular flexibility index (Phi) is 13.9. The van der Waals surface area contributed by atoms with Crippen LogP contribution < -0.4 is 19.5 Å². The van der Waals surface area contributed by atoms with E-state index in [9.17, 15) is 4.79 Å². The van der Waals surface area contributed by atoms with E-state index < -0.39 is 0 Å². The van der Waals surface area contributed by atoms with Gasteiger partial charge in [0.2, 0.25) is 5.91 Å². The molecule has 0 aromatic heterocycles. The molecule has 0 fully saturated rings. The number of methoxy groups -OCH3 is 3. The van der Waals surface area contributed by atoms with Gasteiger partial charge in [-0.25, -0.2) is 0 Å². The molecule has 2 atom stereocenters. The quantitative estimate of drug-likeness (QED) is 0.110. The highest BCUT2D eigenvalue weighted by atomic mass is 16.5. The van der Waals surface area contributed by atoms with Gasteiger partial charge >= 0.3 is 0 Å². The Morgan fingerprint density at radius 3 is 2.35 bits per heavy atom. The lowest BCUT2D eigenvalue weighted by molar-refractivity contribution is -0.121. The number of ether oxygens (including phenoxy) is 3. The summed E-state index contributed by atoms with van der Waals surface area (Å²) in [6.45, 7) is 11.1. The van der Waals surface area contributed by atoms with Crippen LogP contribution in [-0.2, 0) is 23.1 Å². The Balaban J connectivity index is 1.47. The van der Waals surface area contributed by atoms with Crippen LogP contribution in [0.25, 0.3) is 0 Å². The molecule has 6 heteroatoms. The zero-order valence-corrected chi connectivity index (χ0v) is 29.6. The van der Waals surface area contributed by atoms with Gasteiger partial charge < -0.3 is 19.5 Å². The van der Waals surface area contributed by atoms with E-state index in [1.165, 1.54) is 22.3 Å². The molecule has 256 valence electrons. The van der Waals surface area contributed by atoms with E-state index in [1.54, 1.807) is 21.3 Å². The lowest BCUT2D eigenvalue weighted by Crippen LogP contribution is -2.36. The molecule has 3 aromatic rings. The summed E-state index contributed by atoms with van der Waals surface area (Å²) in [4.78, 5) is 15.4. The molecule has 1 aliphatic heterocycles. The number of hydrogen-bond acceptors (Lipinski definition) is 5. The molecule has 6 nitrogen and oxygen atoms in total. The zero-order chi connectivity index (χ0) is 34.4. The Hall–Kier alpha value is -4.29. The van der Waals surface area contributed by atoms with Crippen molar-refractivity contribution < 1.29 is 19.0 Å². The largest absolute Gasteiger partial charge is 0.497 e. The second kappa shape index (κ2) is 18.3. The monoisotopic (exact) mass is 650 g/mol. The van der Waals surface area contributed by atoms with Crippen LogP contribution >= 0.6 is 0 Å². The summed E-state index contributed by atoms with van der Waals surface area (Å²) in [5, 5.41) is 3.19. The number of rotatable bonds is 18. The van der Waals surface area contributed by atoms with Crippen LogP contribution in [0.4, 0.5) is 0 Å². The second-order valence-electron chi connectivity index (χ2n) is 12.6. The fraction of sp³-hybridized carbons (Fsp3) is 0.405. The highest BCUT2D eigenvalue weighted by Gasteiger charge is 2.35. The van der Waals surface area contributed by atoms with Gasteiger partial charge in [0.25, 0.3) is 0 Å². The topological polar surface area (TPSA) is 60.0 Å². The molecule has 0 saturated heterocycles. The van der Waals surface area contributed by atoms with Crippen LogP contribution in [0.3, 0.4) is 0 Å². The molecule has 0 aliphatic carbocycles. The minimum atomic E-state index is -0.219. The van der Waals surface area contributed by atoms with E-state index in [-0.39, 0.29) is 17.4 Å².